The van der Waals surface area contributed by atoms with Gasteiger partial charge in [0.2, 0.25) is 0 Å². The Balaban J connectivity index is -0.000000172. The predicted octanol–water partition coefficient (Wildman–Crippen LogP) is 9.34. The quantitative estimate of drug-likeness (QED) is 0.106. The van der Waals surface area contributed by atoms with Crippen molar-refractivity contribution in [1.29, 1.82) is 0 Å². The molecule has 3 N–H and O–H groups in total. The molecule has 1 aliphatic rings. The lowest BCUT2D eigenvalue weighted by Crippen LogP contribution is -2.41. The number of hydrogen-bond donors (Lipinski definition) is 2. The number of halogens is 3. The van der Waals surface area contributed by atoms with Gasteiger partial charge in [0, 0.05) is 18.0 Å². The molecule has 288 valence electrons. The maximum Gasteiger partial charge on any atom is 0.427 e. The van der Waals surface area contributed by atoms with Crippen molar-refractivity contribution in [1.82, 2.24) is 10.2 Å². The molecule has 10 heteroatoms. The fourth-order valence-corrected chi connectivity index (χ4v) is 4.12. The molecule has 0 aromatic heterocycles. The molecule has 0 amide bonds. The summed E-state index contributed by atoms with van der Waals surface area (Å²) in [7, 11) is 5.96. The number of alkyl halides is 3. The SMILES string of the molecule is C=C(C)OC(C)(C)C(F)(F)F.C=C(C=O)C(C)NC.C=O.CC(C)C.CCCCC(C)CC(=O)C(N)C1CCCCC1.CCCN(C)C. The minimum absolute atomic E-state index is 0.0623. The molecule has 1 rings (SSSR count). The molecule has 0 aliphatic heterocycles. The van der Waals surface area contributed by atoms with Crippen molar-refractivity contribution in [3.63, 3.8) is 0 Å². The average molecular weight is 696 g/mol. The van der Waals surface area contributed by atoms with Crippen LogP contribution >= 0.6 is 0 Å². The van der Waals surface area contributed by atoms with E-state index in [-0.39, 0.29) is 17.8 Å². The van der Waals surface area contributed by atoms with Crippen molar-refractivity contribution in [2.75, 3.05) is 27.7 Å². The Labute approximate surface area is 294 Å². The summed E-state index contributed by atoms with van der Waals surface area (Å²) < 4.78 is 40.6. The first kappa shape index (κ1) is 55.4. The fourth-order valence-electron chi connectivity index (χ4n) is 4.12. The van der Waals surface area contributed by atoms with Gasteiger partial charge in [-0.25, -0.2) is 0 Å². The molecule has 0 aromatic carbocycles. The Morgan fingerprint density at radius 3 is 1.71 bits per heavy atom. The number of aldehydes is 1. The number of Topliss-reactive ketones (excluding diaryl/α,β-unsaturated/α-hetero) is 1. The molecule has 0 radical (unpaired) electrons. The first-order valence-electron chi connectivity index (χ1n) is 17.5. The number of nitrogens with one attached hydrogen (secondary N) is 1. The molecular formula is C38H76F3N3O4. The van der Waals surface area contributed by atoms with Gasteiger partial charge in [-0.1, -0.05) is 93.2 Å². The molecule has 3 atom stereocenters. The number of likely N-dealkylation sites (N-methyl/N-ethyl adjacent to an activating group) is 1. The summed E-state index contributed by atoms with van der Waals surface area (Å²) in [5.41, 5.74) is 4.57. The van der Waals surface area contributed by atoms with Crippen molar-refractivity contribution in [2.24, 2.45) is 23.5 Å². The van der Waals surface area contributed by atoms with Crippen molar-refractivity contribution in [2.45, 2.75) is 157 Å². The summed E-state index contributed by atoms with van der Waals surface area (Å²) in [6.45, 7) is 28.2. The van der Waals surface area contributed by atoms with Crippen LogP contribution in [0.5, 0.6) is 0 Å². The van der Waals surface area contributed by atoms with Gasteiger partial charge in [-0.15, -0.1) is 0 Å². The van der Waals surface area contributed by atoms with Gasteiger partial charge in [-0.2, -0.15) is 13.2 Å². The van der Waals surface area contributed by atoms with E-state index in [0.29, 0.717) is 29.6 Å². The lowest BCUT2D eigenvalue weighted by Gasteiger charge is -2.28. The van der Waals surface area contributed by atoms with Crippen LogP contribution in [0.2, 0.25) is 0 Å². The van der Waals surface area contributed by atoms with Crippen LogP contribution in [0.25, 0.3) is 0 Å². The maximum atomic E-state index is 12.1. The third-order valence-electron chi connectivity index (χ3n) is 7.05. The van der Waals surface area contributed by atoms with Gasteiger partial charge >= 0.3 is 6.18 Å². The minimum atomic E-state index is -4.36. The van der Waals surface area contributed by atoms with Gasteiger partial charge in [-0.05, 0) is 92.4 Å². The van der Waals surface area contributed by atoms with E-state index in [1.807, 2.05) is 13.7 Å². The van der Waals surface area contributed by atoms with Crippen molar-refractivity contribution >= 4 is 18.9 Å². The number of nitrogens with two attached hydrogens (primary N) is 1. The molecule has 0 spiro atoms. The largest absolute Gasteiger partial charge is 0.484 e. The van der Waals surface area contributed by atoms with Gasteiger partial charge in [0.1, 0.15) is 18.9 Å². The van der Waals surface area contributed by atoms with E-state index >= 15 is 0 Å². The minimum Gasteiger partial charge on any atom is -0.484 e. The Hall–Kier alpha value is -2.04. The molecule has 0 heterocycles. The summed E-state index contributed by atoms with van der Waals surface area (Å²) in [5, 5.41) is 2.88. The second kappa shape index (κ2) is 33.5. The van der Waals surface area contributed by atoms with Crippen LogP contribution in [-0.2, 0) is 19.1 Å². The van der Waals surface area contributed by atoms with Crippen LogP contribution in [0.15, 0.2) is 24.5 Å². The molecule has 1 aliphatic carbocycles. The molecule has 7 nitrogen and oxygen atoms in total. The van der Waals surface area contributed by atoms with Crippen molar-refractivity contribution in [3.8, 4) is 0 Å². The third-order valence-corrected chi connectivity index (χ3v) is 7.05. The highest BCUT2D eigenvalue weighted by molar-refractivity contribution is 5.84. The third kappa shape index (κ3) is 36.8. The lowest BCUT2D eigenvalue weighted by atomic mass is 9.81. The van der Waals surface area contributed by atoms with E-state index in [4.69, 9.17) is 10.5 Å². The standard InChI is InChI=1S/C15H29NO.C7H11F3O.C6H11NO.C5H13N.C4H10.CH2O/c1-3-4-8-12(2)11-14(17)15(16)13-9-6-5-7-10-13;1-5(2)11-6(3,4)7(8,9)10;1-5(4-8)6(2)7-3;1-4-5-6(2)3;1-4(2)3;1-2/h12-13,15H,3-11,16H2,1-2H3;1H2,2-4H3;4,6-7H,1H2,2-3H3;4-5H2,1-3H3;4H,1-3H3;1H2. The summed E-state index contributed by atoms with van der Waals surface area (Å²) in [5.74, 6) is 2.18. The number of nitrogens with zero attached hydrogens (tertiary/aromatic N) is 1. The van der Waals surface area contributed by atoms with E-state index in [9.17, 15) is 22.8 Å². The summed E-state index contributed by atoms with van der Waals surface area (Å²) in [6.07, 6.45) is 8.14. The summed E-state index contributed by atoms with van der Waals surface area (Å²) >= 11 is 0. The molecule has 1 saturated carbocycles. The van der Waals surface area contributed by atoms with Gasteiger partial charge in [0.05, 0.1) is 11.8 Å². The molecule has 0 saturated heterocycles. The van der Waals surface area contributed by atoms with E-state index in [1.165, 1.54) is 58.4 Å². The summed E-state index contributed by atoms with van der Waals surface area (Å²) in [6, 6.07) is -0.0770. The van der Waals surface area contributed by atoms with Crippen molar-refractivity contribution in [3.05, 3.63) is 24.5 Å². The van der Waals surface area contributed by atoms with E-state index in [0.717, 1.165) is 38.9 Å². The highest BCUT2D eigenvalue weighted by Gasteiger charge is 2.49. The normalized spacial score (nSPS) is 14.6. The number of allylic oxidation sites excluding steroid dienone is 1. The van der Waals surface area contributed by atoms with E-state index in [2.05, 4.69) is 83.7 Å². The number of ketones is 1. The van der Waals surface area contributed by atoms with Crippen LogP contribution in [-0.4, -0.2) is 75.3 Å². The van der Waals surface area contributed by atoms with E-state index < -0.39 is 11.8 Å². The summed E-state index contributed by atoms with van der Waals surface area (Å²) in [4.78, 5) is 32.2. The highest BCUT2D eigenvalue weighted by Crippen LogP contribution is 2.34. The zero-order valence-electron chi connectivity index (χ0n) is 33.2. The zero-order valence-corrected chi connectivity index (χ0v) is 33.2. The van der Waals surface area contributed by atoms with Gasteiger partial charge in [-0.3, -0.25) is 9.59 Å². The second-order valence-corrected chi connectivity index (χ2v) is 13.9. The van der Waals surface area contributed by atoms with Crippen LogP contribution in [0.1, 0.15) is 133 Å². The maximum absolute atomic E-state index is 12.1. The first-order chi connectivity index (χ1) is 22.0. The molecule has 0 bridgehead atoms. The topological polar surface area (TPSA) is 102 Å². The highest BCUT2D eigenvalue weighted by atomic mass is 19.4. The lowest BCUT2D eigenvalue weighted by molar-refractivity contribution is -0.251. The van der Waals surface area contributed by atoms with Crippen LogP contribution < -0.4 is 11.1 Å². The number of carbonyl (C=O) groups is 3. The second-order valence-electron chi connectivity index (χ2n) is 13.9. The Kier molecular flexibility index (Phi) is 38.6. The van der Waals surface area contributed by atoms with Gasteiger partial charge < -0.3 is 25.5 Å². The molecule has 48 heavy (non-hydrogen) atoms. The Morgan fingerprint density at radius 1 is 1.00 bits per heavy atom. The van der Waals surface area contributed by atoms with Crippen LogP contribution in [0.4, 0.5) is 13.2 Å². The number of rotatable bonds is 14. The monoisotopic (exact) mass is 696 g/mol. The first-order valence-corrected chi connectivity index (χ1v) is 17.5. The van der Waals surface area contributed by atoms with Gasteiger partial charge in [0.15, 0.2) is 5.60 Å². The smallest absolute Gasteiger partial charge is 0.427 e. The Morgan fingerprint density at radius 2 is 1.46 bits per heavy atom. The zero-order chi connectivity index (χ0) is 39.1. The van der Waals surface area contributed by atoms with Crippen LogP contribution in [0.3, 0.4) is 0 Å². The number of carbonyl (C=O) groups excluding carboxylic acids is 3. The molecule has 3 unspecified atom stereocenters. The molecular weight excluding hydrogens is 619 g/mol. The van der Waals surface area contributed by atoms with E-state index in [1.54, 1.807) is 7.05 Å². The number of unbranched alkanes of at least 4 members (excludes halogenated alkanes) is 1. The Bertz CT molecular complexity index is 794. The van der Waals surface area contributed by atoms with Gasteiger partial charge in [0.25, 0.3) is 0 Å². The molecule has 1 fully saturated rings. The predicted molar refractivity (Wildman–Crippen MR) is 199 cm³/mol. The fraction of sp³-hybridized carbons (Fsp3) is 0.816. The number of ether oxygens (including phenoxy) is 1. The average Bonchev–Trinajstić information content (AvgIpc) is 2.99. The van der Waals surface area contributed by atoms with Crippen LogP contribution in [0, 0.1) is 17.8 Å². The van der Waals surface area contributed by atoms with Crippen molar-refractivity contribution < 1.29 is 32.3 Å². The number of hydrogen-bond acceptors (Lipinski definition) is 7. The molecule has 0 aromatic rings.